The second-order valence-electron chi connectivity index (χ2n) is 4.57. The molecule has 114 valence electrons. The number of pyridine rings is 2. The third-order valence-electron chi connectivity index (χ3n) is 2.87. The summed E-state index contributed by atoms with van der Waals surface area (Å²) in [6.45, 7) is 3.30. The van der Waals surface area contributed by atoms with Crippen LogP contribution in [-0.2, 0) is 9.53 Å². The van der Waals surface area contributed by atoms with Crippen LogP contribution < -0.4 is 5.32 Å². The third kappa shape index (κ3) is 4.02. The summed E-state index contributed by atoms with van der Waals surface area (Å²) < 4.78 is 5.10. The van der Waals surface area contributed by atoms with Gasteiger partial charge < -0.3 is 10.1 Å². The fourth-order valence-electron chi connectivity index (χ4n) is 1.65. The van der Waals surface area contributed by atoms with Crippen LogP contribution in [0, 0.1) is 6.92 Å². The molecular weight excluding hydrogens is 306 g/mol. The number of anilines is 1. The number of amides is 1. The van der Waals surface area contributed by atoms with Gasteiger partial charge in [-0.15, -0.1) is 0 Å². The van der Waals surface area contributed by atoms with Gasteiger partial charge in [0.1, 0.15) is 11.0 Å². The maximum absolute atomic E-state index is 12.0. The Bertz CT molecular complexity index is 706. The first-order valence-electron chi connectivity index (χ1n) is 6.52. The highest BCUT2D eigenvalue weighted by Gasteiger charge is 2.20. The molecule has 1 N–H and O–H groups in total. The Hall–Kier alpha value is -2.47. The molecule has 1 amide bonds. The van der Waals surface area contributed by atoms with E-state index in [0.29, 0.717) is 5.82 Å². The van der Waals surface area contributed by atoms with Crippen LogP contribution in [0.3, 0.4) is 0 Å². The standard InChI is InChI=1S/C15H14ClN3O3/c1-9-4-3-6-18-13(9)19-14(20)10(2)22-15(21)11-5-7-17-12(16)8-11/h3-8,10H,1-2H3,(H,18,19,20). The van der Waals surface area contributed by atoms with E-state index in [4.69, 9.17) is 16.3 Å². The predicted octanol–water partition coefficient (Wildman–Crippen LogP) is 2.62. The van der Waals surface area contributed by atoms with Gasteiger partial charge in [-0.2, -0.15) is 0 Å². The molecule has 0 fully saturated rings. The first-order valence-corrected chi connectivity index (χ1v) is 6.90. The molecule has 1 unspecified atom stereocenters. The van der Waals surface area contributed by atoms with Gasteiger partial charge in [-0.05, 0) is 37.6 Å². The maximum atomic E-state index is 12.0. The molecule has 1 atom stereocenters. The largest absolute Gasteiger partial charge is 0.449 e. The van der Waals surface area contributed by atoms with E-state index >= 15 is 0 Å². The average Bonchev–Trinajstić information content (AvgIpc) is 2.49. The van der Waals surface area contributed by atoms with Crippen molar-refractivity contribution in [3.8, 4) is 0 Å². The maximum Gasteiger partial charge on any atom is 0.339 e. The van der Waals surface area contributed by atoms with Crippen molar-refractivity contribution in [2.45, 2.75) is 20.0 Å². The molecule has 0 aliphatic heterocycles. The second kappa shape index (κ2) is 7.00. The van der Waals surface area contributed by atoms with E-state index < -0.39 is 18.0 Å². The number of nitrogens with zero attached hydrogens (tertiary/aromatic N) is 2. The third-order valence-corrected chi connectivity index (χ3v) is 3.07. The Morgan fingerprint density at radius 2 is 2.05 bits per heavy atom. The van der Waals surface area contributed by atoms with Gasteiger partial charge in [0, 0.05) is 12.4 Å². The van der Waals surface area contributed by atoms with E-state index in [1.165, 1.54) is 25.3 Å². The Balaban J connectivity index is 1.99. The molecular formula is C15H14ClN3O3. The molecule has 22 heavy (non-hydrogen) atoms. The lowest BCUT2D eigenvalue weighted by atomic mass is 10.2. The van der Waals surface area contributed by atoms with Crippen molar-refractivity contribution >= 4 is 29.3 Å². The number of esters is 1. The number of hydrogen-bond donors (Lipinski definition) is 1. The first kappa shape index (κ1) is 15.9. The summed E-state index contributed by atoms with van der Waals surface area (Å²) in [6.07, 6.45) is 1.99. The van der Waals surface area contributed by atoms with Gasteiger partial charge in [0.05, 0.1) is 5.56 Å². The lowest BCUT2D eigenvalue weighted by Gasteiger charge is -2.14. The van der Waals surface area contributed by atoms with Crippen molar-refractivity contribution in [3.63, 3.8) is 0 Å². The number of ether oxygens (including phenoxy) is 1. The smallest absolute Gasteiger partial charge is 0.339 e. The number of hydrogen-bond acceptors (Lipinski definition) is 5. The number of carbonyl (C=O) groups excluding carboxylic acids is 2. The van der Waals surface area contributed by atoms with Gasteiger partial charge in [0.25, 0.3) is 5.91 Å². The number of aryl methyl sites for hydroxylation is 1. The van der Waals surface area contributed by atoms with Crippen LogP contribution in [0.25, 0.3) is 0 Å². The van der Waals surface area contributed by atoms with Gasteiger partial charge in [-0.25, -0.2) is 14.8 Å². The molecule has 2 rings (SSSR count). The van der Waals surface area contributed by atoms with Gasteiger partial charge in [-0.1, -0.05) is 17.7 Å². The molecule has 0 radical (unpaired) electrons. The quantitative estimate of drug-likeness (QED) is 0.692. The zero-order valence-electron chi connectivity index (χ0n) is 12.0. The van der Waals surface area contributed by atoms with E-state index in [1.54, 1.807) is 12.3 Å². The normalized spacial score (nSPS) is 11.6. The lowest BCUT2D eigenvalue weighted by molar-refractivity contribution is -0.123. The van der Waals surface area contributed by atoms with Crippen molar-refractivity contribution in [1.82, 2.24) is 9.97 Å². The van der Waals surface area contributed by atoms with Crippen molar-refractivity contribution in [1.29, 1.82) is 0 Å². The lowest BCUT2D eigenvalue weighted by Crippen LogP contribution is -2.30. The van der Waals surface area contributed by atoms with E-state index in [1.807, 2.05) is 13.0 Å². The average molecular weight is 320 g/mol. The zero-order valence-corrected chi connectivity index (χ0v) is 12.8. The van der Waals surface area contributed by atoms with Crippen molar-refractivity contribution in [3.05, 3.63) is 52.9 Å². The first-order chi connectivity index (χ1) is 10.5. The van der Waals surface area contributed by atoms with Crippen molar-refractivity contribution in [2.24, 2.45) is 0 Å². The van der Waals surface area contributed by atoms with Crippen LogP contribution in [0.2, 0.25) is 5.15 Å². The van der Waals surface area contributed by atoms with Crippen LogP contribution in [-0.4, -0.2) is 27.9 Å². The van der Waals surface area contributed by atoms with E-state index in [-0.39, 0.29) is 10.7 Å². The molecule has 0 saturated carbocycles. The summed E-state index contributed by atoms with van der Waals surface area (Å²) >= 11 is 5.71. The van der Waals surface area contributed by atoms with Crippen LogP contribution in [0.4, 0.5) is 5.82 Å². The minimum absolute atomic E-state index is 0.177. The SMILES string of the molecule is Cc1cccnc1NC(=O)C(C)OC(=O)c1ccnc(Cl)c1. The predicted molar refractivity (Wildman–Crippen MR) is 81.7 cm³/mol. The summed E-state index contributed by atoms with van der Waals surface area (Å²) in [6, 6.07) is 6.42. The van der Waals surface area contributed by atoms with Gasteiger partial charge >= 0.3 is 5.97 Å². The van der Waals surface area contributed by atoms with Gasteiger partial charge in [0.15, 0.2) is 6.10 Å². The molecule has 0 saturated heterocycles. The van der Waals surface area contributed by atoms with Gasteiger partial charge in [-0.3, -0.25) is 4.79 Å². The fraction of sp³-hybridized carbons (Fsp3) is 0.200. The molecule has 2 aromatic heterocycles. The number of nitrogens with one attached hydrogen (secondary N) is 1. The van der Waals surface area contributed by atoms with Crippen molar-refractivity contribution in [2.75, 3.05) is 5.32 Å². The Kier molecular flexibility index (Phi) is 5.06. The molecule has 0 aliphatic carbocycles. The Morgan fingerprint density at radius 3 is 2.73 bits per heavy atom. The molecule has 7 heteroatoms. The summed E-state index contributed by atoms with van der Waals surface area (Å²) in [5, 5.41) is 2.79. The molecule has 0 bridgehead atoms. The Labute approximate surface area is 132 Å². The topological polar surface area (TPSA) is 81.2 Å². The second-order valence-corrected chi connectivity index (χ2v) is 4.96. The minimum Gasteiger partial charge on any atom is -0.449 e. The molecule has 0 spiro atoms. The number of rotatable bonds is 4. The van der Waals surface area contributed by atoms with Gasteiger partial charge in [0.2, 0.25) is 0 Å². The molecule has 0 aromatic carbocycles. The van der Waals surface area contributed by atoms with Crippen LogP contribution in [0.15, 0.2) is 36.7 Å². The molecule has 2 heterocycles. The van der Waals surface area contributed by atoms with Crippen LogP contribution in [0.1, 0.15) is 22.8 Å². The highest BCUT2D eigenvalue weighted by molar-refractivity contribution is 6.29. The van der Waals surface area contributed by atoms with Crippen LogP contribution >= 0.6 is 11.6 Å². The Morgan fingerprint density at radius 1 is 1.27 bits per heavy atom. The van der Waals surface area contributed by atoms with E-state index in [9.17, 15) is 9.59 Å². The van der Waals surface area contributed by atoms with Crippen molar-refractivity contribution < 1.29 is 14.3 Å². The number of aromatic nitrogens is 2. The number of carbonyl (C=O) groups is 2. The minimum atomic E-state index is -0.971. The molecule has 0 aliphatic rings. The summed E-state index contributed by atoms with van der Waals surface area (Å²) in [5.74, 6) is -0.678. The van der Waals surface area contributed by atoms with Crippen LogP contribution in [0.5, 0.6) is 0 Å². The number of halogens is 1. The highest BCUT2D eigenvalue weighted by atomic mass is 35.5. The summed E-state index contributed by atoms with van der Waals surface area (Å²) in [7, 11) is 0. The zero-order chi connectivity index (χ0) is 16.1. The highest BCUT2D eigenvalue weighted by Crippen LogP contribution is 2.12. The van der Waals surface area contributed by atoms with E-state index in [0.717, 1.165) is 5.56 Å². The molecule has 6 nitrogen and oxygen atoms in total. The fourth-order valence-corrected chi connectivity index (χ4v) is 1.82. The van der Waals surface area contributed by atoms with E-state index in [2.05, 4.69) is 15.3 Å². The monoisotopic (exact) mass is 319 g/mol. The summed E-state index contributed by atoms with van der Waals surface area (Å²) in [4.78, 5) is 31.8. The molecule has 2 aromatic rings. The summed E-state index contributed by atoms with van der Waals surface area (Å²) in [5.41, 5.74) is 1.05.